The molecule has 0 spiro atoms. The Labute approximate surface area is 197 Å². The Balaban J connectivity index is 0.00000341. The molecule has 2 aromatic carbocycles. The molecular formula is C29H42ClN. The molecule has 0 radical (unpaired) electrons. The van der Waals surface area contributed by atoms with Gasteiger partial charge in [0.1, 0.15) is 6.04 Å². The second-order valence-corrected chi connectivity index (χ2v) is 9.84. The molecule has 1 nitrogen and oxygen atoms in total. The molecule has 0 saturated heterocycles. The SMILES string of the molecule is C[N+](C)(CC=Cc1ccccc1)C(CCCCCC1CCCCC1)c1ccccc1.[Cl-]. The largest absolute Gasteiger partial charge is 1.00 e. The summed E-state index contributed by atoms with van der Waals surface area (Å²) in [6, 6.07) is 22.4. The van der Waals surface area contributed by atoms with Crippen molar-refractivity contribution in [3.8, 4) is 0 Å². The van der Waals surface area contributed by atoms with E-state index in [-0.39, 0.29) is 12.4 Å². The second kappa shape index (κ2) is 13.8. The van der Waals surface area contributed by atoms with Crippen LogP contribution in [0.1, 0.15) is 81.4 Å². The third-order valence-corrected chi connectivity index (χ3v) is 7.03. The molecule has 0 N–H and O–H groups in total. The number of quaternary nitrogens is 1. The first-order valence-electron chi connectivity index (χ1n) is 12.2. The number of nitrogens with zero attached hydrogens (tertiary/aromatic N) is 1. The van der Waals surface area contributed by atoms with Crippen LogP contribution in [-0.2, 0) is 0 Å². The Morgan fingerprint density at radius 3 is 2.16 bits per heavy atom. The lowest BCUT2D eigenvalue weighted by Crippen LogP contribution is -3.00. The number of likely N-dealkylation sites (N-methyl/N-ethyl adjacent to an activating group) is 1. The normalized spacial score (nSPS) is 16.2. The summed E-state index contributed by atoms with van der Waals surface area (Å²) in [7, 11) is 4.80. The molecule has 1 aliphatic rings. The van der Waals surface area contributed by atoms with Gasteiger partial charge < -0.3 is 16.9 Å². The van der Waals surface area contributed by atoms with E-state index < -0.39 is 0 Å². The van der Waals surface area contributed by atoms with Crippen LogP contribution in [0.4, 0.5) is 0 Å². The van der Waals surface area contributed by atoms with Crippen LogP contribution >= 0.6 is 0 Å². The average molecular weight is 440 g/mol. The number of halogens is 1. The molecule has 1 aliphatic carbocycles. The zero-order chi connectivity index (χ0) is 21.1. The Kier molecular flexibility index (Phi) is 11.4. The molecule has 170 valence electrons. The second-order valence-electron chi connectivity index (χ2n) is 9.84. The average Bonchev–Trinajstić information content (AvgIpc) is 2.78. The van der Waals surface area contributed by atoms with Crippen LogP contribution < -0.4 is 12.4 Å². The molecule has 2 aromatic rings. The van der Waals surface area contributed by atoms with Gasteiger partial charge in [-0.25, -0.2) is 0 Å². The molecule has 2 heteroatoms. The van der Waals surface area contributed by atoms with Crippen LogP contribution in [0.25, 0.3) is 6.08 Å². The third-order valence-electron chi connectivity index (χ3n) is 7.03. The van der Waals surface area contributed by atoms with Crippen molar-refractivity contribution in [2.75, 3.05) is 20.6 Å². The fourth-order valence-electron chi connectivity index (χ4n) is 5.17. The molecule has 0 aliphatic heterocycles. The van der Waals surface area contributed by atoms with E-state index in [9.17, 15) is 0 Å². The van der Waals surface area contributed by atoms with Gasteiger partial charge in [0.15, 0.2) is 0 Å². The van der Waals surface area contributed by atoms with Crippen LogP contribution in [-0.4, -0.2) is 25.1 Å². The van der Waals surface area contributed by atoms with E-state index in [2.05, 4.69) is 86.9 Å². The molecule has 1 atom stereocenters. The monoisotopic (exact) mass is 439 g/mol. The lowest BCUT2D eigenvalue weighted by atomic mass is 9.85. The first kappa shape index (κ1) is 25.7. The topological polar surface area (TPSA) is 0 Å². The van der Waals surface area contributed by atoms with E-state index in [1.54, 1.807) is 0 Å². The number of unbranched alkanes of at least 4 members (excludes halogenated alkanes) is 2. The van der Waals surface area contributed by atoms with Gasteiger partial charge in [0, 0.05) is 12.0 Å². The maximum absolute atomic E-state index is 2.40. The zero-order valence-electron chi connectivity index (χ0n) is 19.7. The fourth-order valence-corrected chi connectivity index (χ4v) is 5.17. The zero-order valence-corrected chi connectivity index (χ0v) is 20.4. The molecular weight excluding hydrogens is 398 g/mol. The van der Waals surface area contributed by atoms with Crippen LogP contribution in [0.2, 0.25) is 0 Å². The molecule has 1 unspecified atom stereocenters. The molecule has 3 rings (SSSR count). The van der Waals surface area contributed by atoms with Crippen molar-refractivity contribution in [3.05, 3.63) is 77.9 Å². The van der Waals surface area contributed by atoms with Crippen molar-refractivity contribution in [1.82, 2.24) is 0 Å². The summed E-state index contributed by atoms with van der Waals surface area (Å²) in [4.78, 5) is 0. The molecule has 0 bridgehead atoms. The number of hydrogen-bond acceptors (Lipinski definition) is 0. The van der Waals surface area contributed by atoms with Gasteiger partial charge in [-0.05, 0) is 24.0 Å². The quantitative estimate of drug-likeness (QED) is 0.339. The predicted molar refractivity (Wildman–Crippen MR) is 131 cm³/mol. The van der Waals surface area contributed by atoms with E-state index in [0.29, 0.717) is 6.04 Å². The van der Waals surface area contributed by atoms with Crippen molar-refractivity contribution < 1.29 is 16.9 Å². The lowest BCUT2D eigenvalue weighted by molar-refractivity contribution is -0.916. The highest BCUT2D eigenvalue weighted by molar-refractivity contribution is 5.48. The minimum absolute atomic E-state index is 0. The van der Waals surface area contributed by atoms with Crippen molar-refractivity contribution in [1.29, 1.82) is 0 Å². The van der Waals surface area contributed by atoms with Gasteiger partial charge in [-0.1, -0.05) is 118 Å². The molecule has 31 heavy (non-hydrogen) atoms. The number of benzene rings is 2. The van der Waals surface area contributed by atoms with E-state index in [0.717, 1.165) is 16.9 Å². The summed E-state index contributed by atoms with van der Waals surface area (Å²) >= 11 is 0. The van der Waals surface area contributed by atoms with Gasteiger partial charge >= 0.3 is 0 Å². The van der Waals surface area contributed by atoms with Crippen LogP contribution in [0.5, 0.6) is 0 Å². The van der Waals surface area contributed by atoms with Crippen LogP contribution in [0.3, 0.4) is 0 Å². The molecule has 1 saturated carbocycles. The maximum atomic E-state index is 2.40. The highest BCUT2D eigenvalue weighted by Crippen LogP contribution is 2.32. The van der Waals surface area contributed by atoms with Gasteiger partial charge in [0.2, 0.25) is 0 Å². The van der Waals surface area contributed by atoms with Crippen LogP contribution in [0, 0.1) is 5.92 Å². The number of rotatable bonds is 11. The van der Waals surface area contributed by atoms with Gasteiger partial charge in [0.25, 0.3) is 0 Å². The van der Waals surface area contributed by atoms with Gasteiger partial charge in [0.05, 0.1) is 20.6 Å². The van der Waals surface area contributed by atoms with Crippen LogP contribution in [0.15, 0.2) is 66.7 Å². The molecule has 1 fully saturated rings. The first-order chi connectivity index (χ1) is 14.6. The first-order valence-corrected chi connectivity index (χ1v) is 12.2. The highest BCUT2D eigenvalue weighted by Gasteiger charge is 2.28. The summed E-state index contributed by atoms with van der Waals surface area (Å²) < 4.78 is 1.01. The fraction of sp³-hybridized carbons (Fsp3) is 0.517. The van der Waals surface area contributed by atoms with Crippen molar-refractivity contribution in [2.24, 2.45) is 5.92 Å². The summed E-state index contributed by atoms with van der Waals surface area (Å²) in [6.07, 6.45) is 18.9. The Hall–Kier alpha value is -1.57. The van der Waals surface area contributed by atoms with Crippen molar-refractivity contribution in [3.63, 3.8) is 0 Å². The molecule has 0 heterocycles. The number of hydrogen-bond donors (Lipinski definition) is 0. The summed E-state index contributed by atoms with van der Waals surface area (Å²) in [5, 5.41) is 0. The van der Waals surface area contributed by atoms with E-state index >= 15 is 0 Å². The smallest absolute Gasteiger partial charge is 0.114 e. The van der Waals surface area contributed by atoms with Gasteiger partial charge in [-0.2, -0.15) is 0 Å². The van der Waals surface area contributed by atoms with Gasteiger partial charge in [-0.15, -0.1) is 0 Å². The lowest BCUT2D eigenvalue weighted by Gasteiger charge is -2.38. The van der Waals surface area contributed by atoms with Gasteiger partial charge in [-0.3, -0.25) is 0 Å². The van der Waals surface area contributed by atoms with Crippen molar-refractivity contribution >= 4 is 6.08 Å². The standard InChI is InChI=1S/C29H42N.ClH/c1-30(2,25-15-21-27-19-9-4-10-20-27)29(28-22-12-6-13-23-28)24-14-5-11-18-26-16-7-3-8-17-26;/h4,6,9-10,12-13,15,19-23,26,29H,3,5,7-8,11,14,16-18,24-25H2,1-2H3;1H/q+1;/p-1. The third kappa shape index (κ3) is 8.83. The Bertz CT molecular complexity index is 732. The predicted octanol–water partition coefficient (Wildman–Crippen LogP) is 5.05. The van der Waals surface area contributed by atoms with E-state index in [1.807, 2.05) is 0 Å². The maximum Gasteiger partial charge on any atom is 0.114 e. The summed E-state index contributed by atoms with van der Waals surface area (Å²) in [5.41, 5.74) is 2.78. The minimum Gasteiger partial charge on any atom is -1.00 e. The highest BCUT2D eigenvalue weighted by atomic mass is 35.5. The minimum atomic E-state index is 0. The molecule has 0 aromatic heterocycles. The summed E-state index contributed by atoms with van der Waals surface area (Å²) in [6.45, 7) is 1.05. The van der Waals surface area contributed by atoms with E-state index in [1.165, 1.54) is 75.3 Å². The summed E-state index contributed by atoms with van der Waals surface area (Å²) in [5.74, 6) is 1.03. The van der Waals surface area contributed by atoms with Crippen molar-refractivity contribution in [2.45, 2.75) is 70.3 Å². The molecule has 0 amide bonds. The Morgan fingerprint density at radius 1 is 0.839 bits per heavy atom. The van der Waals surface area contributed by atoms with E-state index in [4.69, 9.17) is 0 Å². The Morgan fingerprint density at radius 2 is 1.48 bits per heavy atom.